The van der Waals surface area contributed by atoms with Crippen molar-refractivity contribution in [3.63, 3.8) is 0 Å². The molecule has 2 saturated heterocycles. The van der Waals surface area contributed by atoms with Gasteiger partial charge in [-0.15, -0.1) is 0 Å². The molecule has 2 heterocycles. The van der Waals surface area contributed by atoms with Gasteiger partial charge < -0.3 is 15.5 Å². The summed E-state index contributed by atoms with van der Waals surface area (Å²) in [7, 11) is 0. The molecule has 2 aliphatic heterocycles. The number of piperidine rings is 1. The predicted molar refractivity (Wildman–Crippen MR) is 89.2 cm³/mol. The van der Waals surface area contributed by atoms with Gasteiger partial charge in [-0.3, -0.25) is 14.5 Å². The number of imide groups is 1. The molecule has 0 aromatic carbocycles. The molecule has 1 unspecified atom stereocenters. The summed E-state index contributed by atoms with van der Waals surface area (Å²) in [6.45, 7) is 7.10. The molecule has 7 nitrogen and oxygen atoms in total. The van der Waals surface area contributed by atoms with Crippen LogP contribution in [0.2, 0.25) is 0 Å². The Morgan fingerprint density at radius 1 is 1.25 bits per heavy atom. The van der Waals surface area contributed by atoms with Gasteiger partial charge in [0.05, 0.1) is 0 Å². The summed E-state index contributed by atoms with van der Waals surface area (Å²) in [6, 6.07) is -0.426. The third-order valence-electron chi connectivity index (χ3n) is 5.64. The fourth-order valence-electron chi connectivity index (χ4n) is 3.77. The van der Waals surface area contributed by atoms with E-state index in [1.165, 1.54) is 0 Å². The first-order valence-electron chi connectivity index (χ1n) is 9.08. The first-order chi connectivity index (χ1) is 11.5. The fourth-order valence-corrected chi connectivity index (χ4v) is 3.77. The van der Waals surface area contributed by atoms with Crippen LogP contribution in [-0.2, 0) is 9.59 Å². The molecule has 1 aliphatic carbocycles. The van der Waals surface area contributed by atoms with E-state index in [4.69, 9.17) is 0 Å². The van der Waals surface area contributed by atoms with Gasteiger partial charge in [-0.25, -0.2) is 4.79 Å². The lowest BCUT2D eigenvalue weighted by atomic mass is 9.96. The van der Waals surface area contributed by atoms with Crippen LogP contribution in [0.15, 0.2) is 0 Å². The van der Waals surface area contributed by atoms with Crippen molar-refractivity contribution in [1.29, 1.82) is 0 Å². The second-order valence-corrected chi connectivity index (χ2v) is 7.43. The normalized spacial score (nSPS) is 28.4. The van der Waals surface area contributed by atoms with Crippen LogP contribution in [0.4, 0.5) is 4.79 Å². The Hall–Kier alpha value is -1.63. The highest BCUT2D eigenvalue weighted by Gasteiger charge is 2.56. The number of amides is 4. The minimum atomic E-state index is -0.809. The number of urea groups is 1. The van der Waals surface area contributed by atoms with E-state index in [2.05, 4.69) is 17.6 Å². The largest absolute Gasteiger partial charge is 0.341 e. The monoisotopic (exact) mass is 336 g/mol. The van der Waals surface area contributed by atoms with Crippen molar-refractivity contribution in [3.8, 4) is 0 Å². The number of hydrogen-bond acceptors (Lipinski definition) is 4. The molecule has 3 fully saturated rings. The van der Waals surface area contributed by atoms with Crippen LogP contribution >= 0.6 is 0 Å². The number of nitrogens with one attached hydrogen (secondary N) is 2. The zero-order chi connectivity index (χ0) is 17.3. The van der Waals surface area contributed by atoms with E-state index in [0.29, 0.717) is 19.0 Å². The van der Waals surface area contributed by atoms with Crippen LogP contribution in [-0.4, -0.2) is 65.9 Å². The Morgan fingerprint density at radius 2 is 1.92 bits per heavy atom. The Balaban J connectivity index is 1.52. The third kappa shape index (κ3) is 3.27. The molecule has 7 heteroatoms. The maximum absolute atomic E-state index is 12.6. The van der Waals surface area contributed by atoms with Gasteiger partial charge in [-0.1, -0.05) is 6.92 Å². The minimum Gasteiger partial charge on any atom is -0.341 e. The number of rotatable bonds is 6. The minimum absolute atomic E-state index is 0.125. The van der Waals surface area contributed by atoms with Crippen molar-refractivity contribution in [3.05, 3.63) is 0 Å². The predicted octanol–water partition coefficient (Wildman–Crippen LogP) is 0.555. The average molecular weight is 336 g/mol. The molecule has 0 aromatic heterocycles. The maximum Gasteiger partial charge on any atom is 0.325 e. The highest BCUT2D eigenvalue weighted by molar-refractivity contribution is 6.09. The van der Waals surface area contributed by atoms with Gasteiger partial charge in [-0.05, 0) is 57.5 Å². The molecule has 3 aliphatic rings. The van der Waals surface area contributed by atoms with Gasteiger partial charge in [0.15, 0.2) is 0 Å². The van der Waals surface area contributed by atoms with Crippen molar-refractivity contribution in [2.24, 2.45) is 11.8 Å². The van der Waals surface area contributed by atoms with Crippen LogP contribution < -0.4 is 10.6 Å². The quantitative estimate of drug-likeness (QED) is 0.694. The van der Waals surface area contributed by atoms with E-state index in [1.807, 2.05) is 0 Å². The molecule has 0 aromatic rings. The standard InChI is InChI=1S/C17H28N4O3/c1-3-18-10-12-6-8-20(9-7-12)14(22)11-21-15(23)17(2,13-4-5-13)19-16(21)24/h12-13,18H,3-11H2,1-2H3,(H,19,24). The van der Waals surface area contributed by atoms with E-state index in [9.17, 15) is 14.4 Å². The molecule has 3 rings (SSSR count). The van der Waals surface area contributed by atoms with Gasteiger partial charge in [0.2, 0.25) is 5.91 Å². The molecule has 2 N–H and O–H groups in total. The first-order valence-corrected chi connectivity index (χ1v) is 9.08. The topological polar surface area (TPSA) is 81.8 Å². The summed E-state index contributed by atoms with van der Waals surface area (Å²) in [5.74, 6) is 0.450. The lowest BCUT2D eigenvalue weighted by molar-refractivity contribution is -0.139. The Bertz CT molecular complexity index is 526. The molecule has 0 radical (unpaired) electrons. The van der Waals surface area contributed by atoms with Crippen molar-refractivity contribution in [1.82, 2.24) is 20.4 Å². The van der Waals surface area contributed by atoms with Crippen molar-refractivity contribution in [2.45, 2.75) is 45.1 Å². The van der Waals surface area contributed by atoms with Gasteiger partial charge in [0, 0.05) is 13.1 Å². The van der Waals surface area contributed by atoms with Crippen molar-refractivity contribution < 1.29 is 14.4 Å². The zero-order valence-electron chi connectivity index (χ0n) is 14.6. The lowest BCUT2D eigenvalue weighted by Crippen LogP contribution is -2.48. The summed E-state index contributed by atoms with van der Waals surface area (Å²) in [6.07, 6.45) is 3.87. The van der Waals surface area contributed by atoms with E-state index < -0.39 is 11.6 Å². The molecule has 4 amide bonds. The Morgan fingerprint density at radius 3 is 2.50 bits per heavy atom. The van der Waals surface area contributed by atoms with Crippen LogP contribution in [0.1, 0.15) is 39.5 Å². The molecule has 134 valence electrons. The molecule has 0 spiro atoms. The molecule has 1 atom stereocenters. The summed E-state index contributed by atoms with van der Waals surface area (Å²) >= 11 is 0. The van der Waals surface area contributed by atoms with Crippen molar-refractivity contribution in [2.75, 3.05) is 32.7 Å². The molecular formula is C17H28N4O3. The summed E-state index contributed by atoms with van der Waals surface area (Å²) < 4.78 is 0. The Kier molecular flexibility index (Phi) is 4.80. The zero-order valence-corrected chi connectivity index (χ0v) is 14.6. The number of carbonyl (C=O) groups is 3. The van der Waals surface area contributed by atoms with Gasteiger partial charge >= 0.3 is 6.03 Å². The van der Waals surface area contributed by atoms with Crippen LogP contribution in [0.25, 0.3) is 0 Å². The number of carbonyl (C=O) groups excluding carboxylic acids is 3. The second-order valence-electron chi connectivity index (χ2n) is 7.43. The van der Waals surface area contributed by atoms with E-state index in [0.717, 1.165) is 43.7 Å². The second kappa shape index (κ2) is 6.70. The first kappa shape index (κ1) is 17.2. The average Bonchev–Trinajstić information content (AvgIpc) is 3.39. The van der Waals surface area contributed by atoms with E-state index in [-0.39, 0.29) is 24.3 Å². The van der Waals surface area contributed by atoms with E-state index in [1.54, 1.807) is 11.8 Å². The summed E-state index contributed by atoms with van der Waals surface area (Å²) in [5, 5.41) is 6.14. The Labute approximate surface area is 143 Å². The van der Waals surface area contributed by atoms with Gasteiger partial charge in [-0.2, -0.15) is 0 Å². The fraction of sp³-hybridized carbons (Fsp3) is 0.824. The van der Waals surface area contributed by atoms with Gasteiger partial charge in [0.1, 0.15) is 12.1 Å². The smallest absolute Gasteiger partial charge is 0.325 e. The maximum atomic E-state index is 12.6. The van der Waals surface area contributed by atoms with Crippen molar-refractivity contribution >= 4 is 17.8 Å². The lowest BCUT2D eigenvalue weighted by Gasteiger charge is -2.33. The van der Waals surface area contributed by atoms with Crippen LogP contribution in [0, 0.1) is 11.8 Å². The highest BCUT2D eigenvalue weighted by Crippen LogP contribution is 2.42. The number of nitrogens with zero attached hydrogens (tertiary/aromatic N) is 2. The molecule has 1 saturated carbocycles. The van der Waals surface area contributed by atoms with Crippen LogP contribution in [0.3, 0.4) is 0 Å². The van der Waals surface area contributed by atoms with Crippen LogP contribution in [0.5, 0.6) is 0 Å². The number of likely N-dealkylation sites (tertiary alicyclic amines) is 1. The van der Waals surface area contributed by atoms with E-state index >= 15 is 0 Å². The summed E-state index contributed by atoms with van der Waals surface area (Å²) in [5.41, 5.74) is -0.809. The molecular weight excluding hydrogens is 308 g/mol. The highest BCUT2D eigenvalue weighted by atomic mass is 16.2. The third-order valence-corrected chi connectivity index (χ3v) is 5.64. The molecule has 0 bridgehead atoms. The van der Waals surface area contributed by atoms with Gasteiger partial charge in [0.25, 0.3) is 5.91 Å². The summed E-state index contributed by atoms with van der Waals surface area (Å²) in [4.78, 5) is 40.1. The number of hydrogen-bond donors (Lipinski definition) is 2. The molecule has 24 heavy (non-hydrogen) atoms. The SMILES string of the molecule is CCNCC1CCN(C(=O)CN2C(=O)NC(C)(C3CC3)C2=O)CC1.